The first-order valence-electron chi connectivity index (χ1n) is 7.43. The quantitative estimate of drug-likeness (QED) is 0.672. The van der Waals surface area contributed by atoms with Gasteiger partial charge in [-0.05, 0) is 52.3 Å². The summed E-state index contributed by atoms with van der Waals surface area (Å²) < 4.78 is 6.31. The van der Waals surface area contributed by atoms with Crippen molar-refractivity contribution in [2.45, 2.75) is 0 Å². The maximum Gasteiger partial charge on any atom is 0.289 e. The average molecular weight is 422 g/mol. The highest BCUT2D eigenvalue weighted by atomic mass is 79.9. The van der Waals surface area contributed by atoms with Crippen LogP contribution in [0.4, 0.5) is 5.69 Å². The molecule has 3 rings (SSSR count). The van der Waals surface area contributed by atoms with Crippen LogP contribution >= 0.6 is 27.5 Å². The fraction of sp³-hybridized carbons (Fsp3) is 0.111. The lowest BCUT2D eigenvalue weighted by molar-refractivity contribution is -0.116. The Balaban J connectivity index is 1.69. The summed E-state index contributed by atoms with van der Waals surface area (Å²) >= 11 is 9.30. The van der Waals surface area contributed by atoms with Gasteiger partial charge in [-0.3, -0.25) is 9.59 Å². The van der Waals surface area contributed by atoms with E-state index in [1.54, 1.807) is 37.4 Å². The van der Waals surface area contributed by atoms with Crippen LogP contribution < -0.4 is 5.32 Å². The van der Waals surface area contributed by atoms with E-state index in [2.05, 4.69) is 21.2 Å². The van der Waals surface area contributed by atoms with E-state index in [-0.39, 0.29) is 24.1 Å². The topological polar surface area (TPSA) is 62.6 Å². The number of amides is 2. The number of fused-ring (bicyclic) bond motifs is 1. The maximum absolute atomic E-state index is 12.5. The van der Waals surface area contributed by atoms with Crippen molar-refractivity contribution in [3.63, 3.8) is 0 Å². The summed E-state index contributed by atoms with van der Waals surface area (Å²) in [5.74, 6) is -0.523. The van der Waals surface area contributed by atoms with Gasteiger partial charge in [0.15, 0.2) is 5.76 Å². The zero-order valence-electron chi connectivity index (χ0n) is 13.3. The van der Waals surface area contributed by atoms with Crippen LogP contribution in [-0.4, -0.2) is 30.3 Å². The molecule has 1 heterocycles. The highest BCUT2D eigenvalue weighted by Gasteiger charge is 2.19. The van der Waals surface area contributed by atoms with E-state index in [4.69, 9.17) is 16.0 Å². The molecule has 0 aliphatic carbocycles. The van der Waals surface area contributed by atoms with E-state index >= 15 is 0 Å². The van der Waals surface area contributed by atoms with Gasteiger partial charge >= 0.3 is 0 Å². The van der Waals surface area contributed by atoms with E-state index in [1.807, 2.05) is 18.2 Å². The number of carbonyl (C=O) groups excluding carboxylic acids is 2. The lowest BCUT2D eigenvalue weighted by Gasteiger charge is -2.15. The van der Waals surface area contributed by atoms with Crippen LogP contribution in [0.25, 0.3) is 11.0 Å². The van der Waals surface area contributed by atoms with Crippen LogP contribution in [0, 0.1) is 0 Å². The van der Waals surface area contributed by atoms with E-state index in [1.165, 1.54) is 4.90 Å². The zero-order valence-corrected chi connectivity index (χ0v) is 15.6. The Bertz CT molecular complexity index is 954. The summed E-state index contributed by atoms with van der Waals surface area (Å²) in [4.78, 5) is 25.9. The normalized spacial score (nSPS) is 10.7. The summed E-state index contributed by atoms with van der Waals surface area (Å²) in [7, 11) is 1.54. The van der Waals surface area contributed by atoms with Crippen molar-refractivity contribution in [3.05, 3.63) is 63.8 Å². The van der Waals surface area contributed by atoms with Crippen molar-refractivity contribution in [2.24, 2.45) is 0 Å². The first-order chi connectivity index (χ1) is 11.9. The Hall–Kier alpha value is -2.31. The van der Waals surface area contributed by atoms with E-state index in [0.717, 1.165) is 9.86 Å². The summed E-state index contributed by atoms with van der Waals surface area (Å²) in [6.07, 6.45) is 0. The Morgan fingerprint density at radius 2 is 1.96 bits per heavy atom. The Labute approximate surface area is 157 Å². The van der Waals surface area contributed by atoms with Gasteiger partial charge < -0.3 is 14.6 Å². The Kier molecular flexibility index (Phi) is 5.11. The molecule has 0 bridgehead atoms. The monoisotopic (exact) mass is 420 g/mol. The predicted molar refractivity (Wildman–Crippen MR) is 101 cm³/mol. The lowest BCUT2D eigenvalue weighted by Crippen LogP contribution is -2.34. The van der Waals surface area contributed by atoms with E-state index < -0.39 is 0 Å². The molecule has 0 radical (unpaired) electrons. The van der Waals surface area contributed by atoms with Crippen molar-refractivity contribution >= 4 is 56.0 Å². The number of nitrogens with one attached hydrogen (secondary N) is 1. The number of rotatable bonds is 4. The predicted octanol–water partition coefficient (Wildman–Crippen LogP) is 4.56. The molecule has 0 fully saturated rings. The van der Waals surface area contributed by atoms with E-state index in [9.17, 15) is 9.59 Å². The summed E-state index contributed by atoms with van der Waals surface area (Å²) in [5.41, 5.74) is 1.21. The van der Waals surface area contributed by atoms with Crippen molar-refractivity contribution in [1.82, 2.24) is 4.90 Å². The Morgan fingerprint density at radius 3 is 2.72 bits per heavy atom. The molecule has 2 amide bonds. The van der Waals surface area contributed by atoms with Crippen molar-refractivity contribution in [1.29, 1.82) is 0 Å². The lowest BCUT2D eigenvalue weighted by atomic mass is 10.2. The first-order valence-corrected chi connectivity index (χ1v) is 8.60. The molecular weight excluding hydrogens is 408 g/mol. The van der Waals surface area contributed by atoms with Gasteiger partial charge in [-0.2, -0.15) is 0 Å². The van der Waals surface area contributed by atoms with E-state index in [0.29, 0.717) is 16.3 Å². The largest absolute Gasteiger partial charge is 0.451 e. The molecule has 0 spiro atoms. The van der Waals surface area contributed by atoms with Crippen molar-refractivity contribution < 1.29 is 14.0 Å². The van der Waals surface area contributed by atoms with Gasteiger partial charge in [0.1, 0.15) is 5.58 Å². The molecule has 0 aliphatic heterocycles. The Morgan fingerprint density at radius 1 is 1.20 bits per heavy atom. The minimum atomic E-state index is -0.380. The number of halogens is 2. The third-order valence-corrected chi connectivity index (χ3v) is 4.49. The van der Waals surface area contributed by atoms with Gasteiger partial charge in [0.2, 0.25) is 5.91 Å². The number of para-hydroxylation sites is 1. The van der Waals surface area contributed by atoms with Crippen molar-refractivity contribution in [3.8, 4) is 0 Å². The molecule has 0 aliphatic rings. The highest BCUT2D eigenvalue weighted by molar-refractivity contribution is 9.10. The second-order valence-electron chi connectivity index (χ2n) is 5.48. The second-order valence-corrected chi connectivity index (χ2v) is 6.77. The van der Waals surface area contributed by atoms with Crippen LogP contribution in [0.5, 0.6) is 0 Å². The molecule has 3 aromatic rings. The average Bonchev–Trinajstić information content (AvgIpc) is 2.99. The molecule has 5 nitrogen and oxygen atoms in total. The fourth-order valence-electron chi connectivity index (χ4n) is 2.35. The second kappa shape index (κ2) is 7.29. The number of carbonyl (C=O) groups is 2. The fourth-order valence-corrected chi connectivity index (χ4v) is 2.91. The molecule has 25 heavy (non-hydrogen) atoms. The smallest absolute Gasteiger partial charge is 0.289 e. The van der Waals surface area contributed by atoms with Crippen molar-refractivity contribution in [2.75, 3.05) is 18.9 Å². The molecular formula is C18H14BrClN2O3. The van der Waals surface area contributed by atoms with Gasteiger partial charge in [0.05, 0.1) is 12.2 Å². The van der Waals surface area contributed by atoms with Crippen LogP contribution in [-0.2, 0) is 4.79 Å². The number of hydrogen-bond donors (Lipinski definition) is 1. The third-order valence-electron chi connectivity index (χ3n) is 3.56. The first kappa shape index (κ1) is 17.5. The number of hydrogen-bond acceptors (Lipinski definition) is 3. The van der Waals surface area contributed by atoms with Gasteiger partial charge in [-0.25, -0.2) is 0 Å². The summed E-state index contributed by atoms with van der Waals surface area (Å²) in [6.45, 7) is -0.0992. The molecule has 0 atom stereocenters. The van der Waals surface area contributed by atoms with Gasteiger partial charge in [-0.1, -0.05) is 23.7 Å². The van der Waals surface area contributed by atoms with Crippen LogP contribution in [0.1, 0.15) is 10.6 Å². The highest BCUT2D eigenvalue weighted by Crippen LogP contribution is 2.24. The molecule has 0 saturated heterocycles. The maximum atomic E-state index is 12.5. The summed E-state index contributed by atoms with van der Waals surface area (Å²) in [6, 6.07) is 14.0. The van der Waals surface area contributed by atoms with Crippen LogP contribution in [0.3, 0.4) is 0 Å². The number of benzene rings is 2. The zero-order chi connectivity index (χ0) is 18.0. The third kappa shape index (κ3) is 4.03. The standard InChI is InChI=1S/C18H14BrClN2O3/c1-22(10-17(23)21-14-5-3-2-4-13(14)19)18(24)16-9-11-8-12(20)6-7-15(11)25-16/h2-9H,10H2,1H3,(H,21,23). The molecule has 1 aromatic heterocycles. The number of furan rings is 1. The molecule has 7 heteroatoms. The van der Waals surface area contributed by atoms with Gasteiger partial charge in [0, 0.05) is 21.9 Å². The molecule has 0 unspecified atom stereocenters. The van der Waals surface area contributed by atoms with Gasteiger partial charge in [0.25, 0.3) is 5.91 Å². The number of likely N-dealkylation sites (N-methyl/N-ethyl adjacent to an activating group) is 1. The molecule has 128 valence electrons. The van der Waals surface area contributed by atoms with Crippen LogP contribution in [0.15, 0.2) is 57.4 Å². The summed E-state index contributed by atoms with van der Waals surface area (Å²) in [5, 5.41) is 4.06. The number of nitrogens with zero attached hydrogens (tertiary/aromatic N) is 1. The minimum absolute atomic E-state index is 0.0992. The van der Waals surface area contributed by atoms with Gasteiger partial charge in [-0.15, -0.1) is 0 Å². The van der Waals surface area contributed by atoms with Crippen LogP contribution in [0.2, 0.25) is 5.02 Å². The molecule has 2 aromatic carbocycles. The number of anilines is 1. The molecule has 1 N–H and O–H groups in total. The minimum Gasteiger partial charge on any atom is -0.451 e. The SMILES string of the molecule is CN(CC(=O)Nc1ccccc1Br)C(=O)c1cc2cc(Cl)ccc2o1. The molecule has 0 saturated carbocycles.